The van der Waals surface area contributed by atoms with Gasteiger partial charge < -0.3 is 10.2 Å². The third-order valence-electron chi connectivity index (χ3n) is 4.13. The highest BCUT2D eigenvalue weighted by Crippen LogP contribution is 2.16. The van der Waals surface area contributed by atoms with E-state index in [-0.39, 0.29) is 0 Å². The van der Waals surface area contributed by atoms with Crippen molar-refractivity contribution in [3.63, 3.8) is 0 Å². The van der Waals surface area contributed by atoms with Crippen LogP contribution in [-0.2, 0) is 6.54 Å². The summed E-state index contributed by atoms with van der Waals surface area (Å²) in [5.74, 6) is 0. The van der Waals surface area contributed by atoms with E-state index in [2.05, 4.69) is 40.1 Å². The fourth-order valence-corrected chi connectivity index (χ4v) is 2.96. The minimum absolute atomic E-state index is 0.765. The lowest BCUT2D eigenvalue weighted by atomic mass is 10.2. The van der Waals surface area contributed by atoms with Gasteiger partial charge in [0.1, 0.15) is 0 Å². The van der Waals surface area contributed by atoms with E-state index in [4.69, 9.17) is 0 Å². The lowest BCUT2D eigenvalue weighted by Gasteiger charge is -2.27. The third-order valence-corrected chi connectivity index (χ3v) is 4.13. The summed E-state index contributed by atoms with van der Waals surface area (Å²) in [7, 11) is 2.23. The number of pyridine rings is 1. The van der Waals surface area contributed by atoms with Crippen LogP contribution in [0.5, 0.6) is 0 Å². The molecule has 2 heterocycles. The van der Waals surface area contributed by atoms with Crippen LogP contribution >= 0.6 is 0 Å². The van der Waals surface area contributed by atoms with Gasteiger partial charge in [0.05, 0.1) is 5.69 Å². The van der Waals surface area contributed by atoms with Crippen LogP contribution in [0.25, 0.3) is 0 Å². The first-order chi connectivity index (χ1) is 9.79. The summed E-state index contributed by atoms with van der Waals surface area (Å²) in [5.41, 5.74) is 1.11. The molecule has 1 saturated heterocycles. The second-order valence-electron chi connectivity index (χ2n) is 5.68. The smallest absolute Gasteiger partial charge is 0.0541 e. The molecule has 112 valence electrons. The van der Waals surface area contributed by atoms with E-state index in [1.54, 1.807) is 0 Å². The maximum Gasteiger partial charge on any atom is 0.0541 e. The molecule has 1 fully saturated rings. The highest BCUT2D eigenvalue weighted by atomic mass is 15.2. The van der Waals surface area contributed by atoms with Crippen LogP contribution in [0.3, 0.4) is 0 Å². The molecule has 0 radical (unpaired) electrons. The minimum Gasteiger partial charge on any atom is -0.310 e. The van der Waals surface area contributed by atoms with Crippen molar-refractivity contribution in [1.82, 2.24) is 20.1 Å². The summed E-state index contributed by atoms with van der Waals surface area (Å²) in [6.07, 6.45) is 4.58. The Labute approximate surface area is 123 Å². The summed E-state index contributed by atoms with van der Waals surface area (Å²) >= 11 is 0. The van der Waals surface area contributed by atoms with Gasteiger partial charge in [0.25, 0.3) is 0 Å². The molecule has 0 spiro atoms. The number of hydrogen-bond donors (Lipinski definition) is 1. The van der Waals surface area contributed by atoms with Gasteiger partial charge in [-0.3, -0.25) is 9.88 Å². The highest BCUT2D eigenvalue weighted by Gasteiger charge is 2.23. The van der Waals surface area contributed by atoms with E-state index in [0.717, 1.165) is 31.4 Å². The molecule has 2 rings (SSSR count). The molecule has 1 unspecified atom stereocenters. The molecule has 1 aliphatic heterocycles. The Morgan fingerprint density at radius 1 is 1.45 bits per heavy atom. The third kappa shape index (κ3) is 4.85. The van der Waals surface area contributed by atoms with Gasteiger partial charge in [0.15, 0.2) is 0 Å². The summed E-state index contributed by atoms with van der Waals surface area (Å²) < 4.78 is 0. The summed E-state index contributed by atoms with van der Waals surface area (Å²) in [5, 5.41) is 3.46. The first-order valence-electron chi connectivity index (χ1n) is 7.83. The van der Waals surface area contributed by atoms with E-state index in [1.807, 2.05) is 18.3 Å². The van der Waals surface area contributed by atoms with Crippen molar-refractivity contribution < 1.29 is 0 Å². The van der Waals surface area contributed by atoms with Crippen LogP contribution in [0.1, 0.15) is 25.5 Å². The number of nitrogens with one attached hydrogen (secondary N) is 1. The Balaban J connectivity index is 1.59. The molecule has 4 heteroatoms. The van der Waals surface area contributed by atoms with E-state index >= 15 is 0 Å². The fourth-order valence-electron chi connectivity index (χ4n) is 2.96. The van der Waals surface area contributed by atoms with E-state index in [1.165, 1.54) is 32.5 Å². The molecular formula is C16H28N4. The van der Waals surface area contributed by atoms with Crippen LogP contribution in [0.4, 0.5) is 0 Å². The number of aromatic nitrogens is 1. The minimum atomic E-state index is 0.765. The number of nitrogens with zero attached hydrogens (tertiary/aromatic N) is 3. The Morgan fingerprint density at radius 3 is 3.10 bits per heavy atom. The van der Waals surface area contributed by atoms with Crippen molar-refractivity contribution in [2.75, 3.05) is 39.8 Å². The van der Waals surface area contributed by atoms with Gasteiger partial charge in [-0.2, -0.15) is 0 Å². The van der Waals surface area contributed by atoms with Crippen LogP contribution in [0.2, 0.25) is 0 Å². The second-order valence-corrected chi connectivity index (χ2v) is 5.68. The zero-order valence-corrected chi connectivity index (χ0v) is 12.9. The van der Waals surface area contributed by atoms with Gasteiger partial charge in [-0.05, 0) is 45.1 Å². The average Bonchev–Trinajstić information content (AvgIpc) is 2.92. The fraction of sp³-hybridized carbons (Fsp3) is 0.688. The molecule has 1 N–H and O–H groups in total. The molecule has 4 nitrogen and oxygen atoms in total. The van der Waals surface area contributed by atoms with Gasteiger partial charge in [0, 0.05) is 38.4 Å². The molecule has 1 aliphatic rings. The Bertz CT molecular complexity index is 368. The van der Waals surface area contributed by atoms with Crippen molar-refractivity contribution in [2.24, 2.45) is 0 Å². The first kappa shape index (κ1) is 15.4. The predicted octanol–water partition coefficient (Wildman–Crippen LogP) is 1.59. The lowest BCUT2D eigenvalue weighted by Crippen LogP contribution is -2.40. The highest BCUT2D eigenvalue weighted by molar-refractivity contribution is 5.02. The number of likely N-dealkylation sites (tertiary alicyclic amines) is 1. The van der Waals surface area contributed by atoms with Crippen molar-refractivity contribution in [1.29, 1.82) is 0 Å². The SMILES string of the molecule is CCN1CCCC1CN(C)CCNCc1ccccn1. The van der Waals surface area contributed by atoms with Crippen LogP contribution < -0.4 is 5.32 Å². The molecule has 0 saturated carbocycles. The van der Waals surface area contributed by atoms with Crippen LogP contribution in [0, 0.1) is 0 Å². The van der Waals surface area contributed by atoms with Gasteiger partial charge in [-0.15, -0.1) is 0 Å². The molecule has 1 atom stereocenters. The van der Waals surface area contributed by atoms with Gasteiger partial charge in [-0.25, -0.2) is 0 Å². The van der Waals surface area contributed by atoms with E-state index in [0.29, 0.717) is 0 Å². The molecule has 1 aromatic heterocycles. The molecule has 0 aromatic carbocycles. The predicted molar refractivity (Wildman–Crippen MR) is 83.7 cm³/mol. The van der Waals surface area contributed by atoms with Crippen molar-refractivity contribution in [3.8, 4) is 0 Å². The van der Waals surface area contributed by atoms with Crippen LogP contribution in [-0.4, -0.2) is 60.6 Å². The second kappa shape index (κ2) is 8.35. The molecule has 20 heavy (non-hydrogen) atoms. The maximum absolute atomic E-state index is 4.32. The van der Waals surface area contributed by atoms with Crippen molar-refractivity contribution >= 4 is 0 Å². The van der Waals surface area contributed by atoms with E-state index in [9.17, 15) is 0 Å². The number of hydrogen-bond acceptors (Lipinski definition) is 4. The van der Waals surface area contributed by atoms with Gasteiger partial charge >= 0.3 is 0 Å². The van der Waals surface area contributed by atoms with E-state index < -0.39 is 0 Å². The van der Waals surface area contributed by atoms with Crippen molar-refractivity contribution in [3.05, 3.63) is 30.1 Å². The lowest BCUT2D eigenvalue weighted by molar-refractivity contribution is 0.199. The Morgan fingerprint density at radius 2 is 2.35 bits per heavy atom. The number of rotatable bonds is 8. The monoisotopic (exact) mass is 276 g/mol. The van der Waals surface area contributed by atoms with Gasteiger partial charge in [-0.1, -0.05) is 13.0 Å². The normalized spacial score (nSPS) is 19.9. The van der Waals surface area contributed by atoms with Gasteiger partial charge in [0.2, 0.25) is 0 Å². The zero-order valence-electron chi connectivity index (χ0n) is 12.9. The zero-order chi connectivity index (χ0) is 14.2. The topological polar surface area (TPSA) is 31.4 Å². The largest absolute Gasteiger partial charge is 0.310 e. The Hall–Kier alpha value is -0.970. The molecule has 0 amide bonds. The molecule has 0 bridgehead atoms. The molecule has 0 aliphatic carbocycles. The summed E-state index contributed by atoms with van der Waals surface area (Å²) in [6.45, 7) is 8.92. The summed E-state index contributed by atoms with van der Waals surface area (Å²) in [6, 6.07) is 6.82. The first-order valence-corrected chi connectivity index (χ1v) is 7.83. The Kier molecular flexibility index (Phi) is 6.43. The molecule has 1 aromatic rings. The standard InChI is InChI=1S/C16H28N4/c1-3-20-11-6-8-16(20)14-19(2)12-10-17-13-15-7-4-5-9-18-15/h4-5,7,9,16-17H,3,6,8,10-14H2,1-2H3. The average molecular weight is 276 g/mol. The quantitative estimate of drug-likeness (QED) is 0.731. The maximum atomic E-state index is 4.32. The summed E-state index contributed by atoms with van der Waals surface area (Å²) in [4.78, 5) is 9.37. The number of likely N-dealkylation sites (N-methyl/N-ethyl adjacent to an activating group) is 2. The van der Waals surface area contributed by atoms with Crippen molar-refractivity contribution in [2.45, 2.75) is 32.4 Å². The van der Waals surface area contributed by atoms with Crippen LogP contribution in [0.15, 0.2) is 24.4 Å². The molecular weight excluding hydrogens is 248 g/mol.